The Bertz CT molecular complexity index is 1000. The van der Waals surface area contributed by atoms with Crippen LogP contribution >= 0.6 is 11.4 Å². The summed E-state index contributed by atoms with van der Waals surface area (Å²) in [7, 11) is 0. The van der Waals surface area contributed by atoms with E-state index in [2.05, 4.69) is 25.2 Å². The van der Waals surface area contributed by atoms with Gasteiger partial charge in [0.25, 0.3) is 0 Å². The van der Waals surface area contributed by atoms with E-state index in [1.165, 1.54) is 12.1 Å². The van der Waals surface area contributed by atoms with Crippen molar-refractivity contribution in [1.29, 1.82) is 0 Å². The van der Waals surface area contributed by atoms with Crippen LogP contribution in [0.15, 0.2) is 58.8 Å². The van der Waals surface area contributed by atoms with Gasteiger partial charge < -0.3 is 14.8 Å². The van der Waals surface area contributed by atoms with Gasteiger partial charge in [-0.25, -0.2) is 0 Å². The van der Waals surface area contributed by atoms with Crippen molar-refractivity contribution in [2.24, 2.45) is 10.2 Å². The fourth-order valence-electron chi connectivity index (χ4n) is 2.15. The quantitative estimate of drug-likeness (QED) is 0.406. The average Bonchev–Trinajstić information content (AvgIpc) is 2.90. The number of nitrogens with zero attached hydrogens (tertiary/aromatic N) is 2. The highest BCUT2D eigenvalue weighted by molar-refractivity contribution is 7.90. The van der Waals surface area contributed by atoms with Crippen molar-refractivity contribution < 1.29 is 18.3 Å². The zero-order valence-electron chi connectivity index (χ0n) is 12.5. The van der Waals surface area contributed by atoms with Gasteiger partial charge in [-0.3, -0.25) is 0 Å². The fraction of sp³-hybridized carbons (Fsp3) is 0.0625. The Balaban J connectivity index is 1.73. The van der Waals surface area contributed by atoms with Crippen LogP contribution in [0.4, 0.5) is 24.5 Å². The van der Waals surface area contributed by atoms with Crippen molar-refractivity contribution in [2.75, 3.05) is 4.72 Å². The molecule has 0 aliphatic carbocycles. The van der Waals surface area contributed by atoms with Gasteiger partial charge in [-0.2, -0.15) is 13.2 Å². The Hall–Kier alpha value is -3.03. The van der Waals surface area contributed by atoms with Crippen LogP contribution in [0, 0.1) is 5.31 Å². The predicted octanol–water partition coefficient (Wildman–Crippen LogP) is 5.65. The molecule has 2 aromatic carbocycles. The van der Waals surface area contributed by atoms with Crippen LogP contribution in [0.2, 0.25) is 0 Å². The highest BCUT2D eigenvalue weighted by Gasteiger charge is 2.30. The molecule has 0 aliphatic rings. The minimum atomic E-state index is -4.40. The lowest BCUT2D eigenvalue weighted by molar-refractivity contribution is -0.137. The summed E-state index contributed by atoms with van der Waals surface area (Å²) in [6, 6.07) is 11.9. The van der Waals surface area contributed by atoms with Crippen LogP contribution < -0.4 is 4.72 Å². The SMILES string of the molecule is Oc1[nH]c2ccccc2c1N=NC#SNc1cccc(C(F)(F)F)c1. The number of anilines is 1. The van der Waals surface area contributed by atoms with E-state index in [1.54, 1.807) is 18.2 Å². The molecule has 0 amide bonds. The van der Waals surface area contributed by atoms with E-state index < -0.39 is 11.7 Å². The molecule has 1 aromatic heterocycles. The fourth-order valence-corrected chi connectivity index (χ4v) is 2.52. The summed E-state index contributed by atoms with van der Waals surface area (Å²) < 4.78 is 40.5. The number of rotatable bonds is 2. The molecule has 0 unspecified atom stereocenters. The normalized spacial score (nSPS) is 11.6. The molecule has 3 rings (SSSR count). The van der Waals surface area contributed by atoms with Gasteiger partial charge in [0.15, 0.2) is 5.69 Å². The van der Waals surface area contributed by atoms with Crippen molar-refractivity contribution in [3.8, 4) is 11.2 Å². The zero-order valence-corrected chi connectivity index (χ0v) is 13.3. The van der Waals surface area contributed by atoms with Crippen LogP contribution in [0.1, 0.15) is 5.56 Å². The molecule has 128 valence electrons. The van der Waals surface area contributed by atoms with Crippen LogP contribution in [0.25, 0.3) is 10.9 Å². The second-order valence-electron chi connectivity index (χ2n) is 4.94. The van der Waals surface area contributed by atoms with Crippen LogP contribution in [0.5, 0.6) is 5.88 Å². The molecule has 0 aliphatic heterocycles. The van der Waals surface area contributed by atoms with Crippen LogP contribution in [-0.4, -0.2) is 10.1 Å². The smallest absolute Gasteiger partial charge is 0.416 e. The van der Waals surface area contributed by atoms with Crippen molar-refractivity contribution in [3.63, 3.8) is 0 Å². The number of nitrogens with one attached hydrogen (secondary N) is 2. The van der Waals surface area contributed by atoms with Crippen molar-refractivity contribution in [3.05, 3.63) is 54.1 Å². The van der Waals surface area contributed by atoms with E-state index in [1.807, 2.05) is 6.07 Å². The lowest BCUT2D eigenvalue weighted by Crippen LogP contribution is -2.04. The van der Waals surface area contributed by atoms with Crippen LogP contribution in [0.3, 0.4) is 0 Å². The Morgan fingerprint density at radius 3 is 2.72 bits per heavy atom. The number of fused-ring (bicyclic) bond motifs is 1. The number of halogens is 3. The van der Waals surface area contributed by atoms with E-state index in [9.17, 15) is 18.3 Å². The number of azo groups is 1. The monoisotopic (exact) mass is 364 g/mol. The number of benzene rings is 2. The first-order valence-electron chi connectivity index (χ1n) is 6.99. The third-order valence-corrected chi connectivity index (χ3v) is 3.77. The molecule has 3 aromatic rings. The number of aromatic hydroxyl groups is 1. The van der Waals surface area contributed by atoms with Gasteiger partial charge in [0.2, 0.25) is 5.88 Å². The number of aromatic nitrogens is 1. The van der Waals surface area contributed by atoms with Crippen molar-refractivity contribution in [2.45, 2.75) is 6.18 Å². The van der Waals surface area contributed by atoms with Crippen LogP contribution in [-0.2, 0) is 6.18 Å². The molecule has 0 saturated heterocycles. The van der Waals surface area contributed by atoms with Gasteiger partial charge in [0.05, 0.1) is 16.4 Å². The molecule has 5 nitrogen and oxygen atoms in total. The minimum Gasteiger partial charge on any atom is -0.493 e. The number of para-hydroxylation sites is 1. The summed E-state index contributed by atoms with van der Waals surface area (Å²) in [5, 5.41) is 20.5. The molecule has 3 N–H and O–H groups in total. The number of alkyl halides is 3. The van der Waals surface area contributed by atoms with Gasteiger partial charge in [0.1, 0.15) is 0 Å². The number of H-pyrrole nitrogens is 1. The lowest BCUT2D eigenvalue weighted by atomic mass is 10.2. The molecule has 0 bridgehead atoms. The van der Waals surface area contributed by atoms with E-state index in [-0.39, 0.29) is 17.3 Å². The van der Waals surface area contributed by atoms with Gasteiger partial charge in [-0.15, -0.1) is 5.11 Å². The molecule has 9 heteroatoms. The topological polar surface area (TPSA) is 72.8 Å². The summed E-state index contributed by atoms with van der Waals surface area (Å²) in [6.45, 7) is 0. The number of hydrogen-bond acceptors (Lipinski definition) is 4. The third kappa shape index (κ3) is 3.90. The molecule has 0 fully saturated rings. The van der Waals surface area contributed by atoms with Crippen molar-refractivity contribution >= 4 is 33.6 Å². The van der Waals surface area contributed by atoms with Gasteiger partial charge >= 0.3 is 6.18 Å². The first kappa shape index (κ1) is 16.8. The largest absolute Gasteiger partial charge is 0.493 e. The maximum atomic E-state index is 12.6. The Kier molecular flexibility index (Phi) is 4.60. The number of aromatic amines is 1. The molecule has 0 saturated carbocycles. The maximum Gasteiger partial charge on any atom is 0.416 e. The summed E-state index contributed by atoms with van der Waals surface area (Å²) >= 11 is 0.839. The molecule has 1 heterocycles. The second kappa shape index (κ2) is 6.84. The molecule has 25 heavy (non-hydrogen) atoms. The summed E-state index contributed by atoms with van der Waals surface area (Å²) in [6.07, 6.45) is -4.40. The maximum absolute atomic E-state index is 12.6. The summed E-state index contributed by atoms with van der Waals surface area (Å²) in [5.41, 5.74) is 0.493. The second-order valence-corrected chi connectivity index (χ2v) is 5.53. The van der Waals surface area contributed by atoms with E-state index >= 15 is 0 Å². The molecule has 0 spiro atoms. The zero-order chi connectivity index (χ0) is 17.9. The molecular weight excluding hydrogens is 353 g/mol. The highest BCUT2D eigenvalue weighted by Crippen LogP contribution is 2.35. The Morgan fingerprint density at radius 1 is 1.12 bits per heavy atom. The van der Waals surface area contributed by atoms with Gasteiger partial charge in [0, 0.05) is 22.4 Å². The standard InChI is InChI=1S/C16H11F3N4OS/c17-16(18,19)10-4-3-5-11(8-10)23-25-9-20-22-14-12-6-1-2-7-13(12)21-15(14)24/h1-8,21,23-24H. The first-order valence-corrected chi connectivity index (χ1v) is 7.81. The van der Waals surface area contributed by atoms with E-state index in [0.717, 1.165) is 23.5 Å². The third-order valence-electron chi connectivity index (χ3n) is 3.25. The minimum absolute atomic E-state index is 0.123. The Labute approximate surface area is 143 Å². The highest BCUT2D eigenvalue weighted by atomic mass is 32.1. The first-order chi connectivity index (χ1) is 11.9. The Morgan fingerprint density at radius 2 is 1.92 bits per heavy atom. The van der Waals surface area contributed by atoms with E-state index in [4.69, 9.17) is 0 Å². The predicted molar refractivity (Wildman–Crippen MR) is 91.0 cm³/mol. The van der Waals surface area contributed by atoms with Gasteiger partial charge in [-0.1, -0.05) is 29.4 Å². The molecular formula is C16H11F3N4OS. The molecule has 0 atom stereocenters. The summed E-state index contributed by atoms with van der Waals surface area (Å²) in [4.78, 5) is 2.76. The van der Waals surface area contributed by atoms with Crippen molar-refractivity contribution in [1.82, 2.24) is 4.98 Å². The summed E-state index contributed by atoms with van der Waals surface area (Å²) in [5.74, 6) is -0.123. The molecule has 0 radical (unpaired) electrons. The average molecular weight is 364 g/mol. The number of hydrogen-bond donors (Lipinski definition) is 3. The lowest BCUT2D eigenvalue weighted by Gasteiger charge is -2.07. The van der Waals surface area contributed by atoms with Gasteiger partial charge in [-0.05, 0) is 24.3 Å². The van der Waals surface area contributed by atoms with E-state index in [0.29, 0.717) is 10.9 Å².